The highest BCUT2D eigenvalue weighted by Crippen LogP contribution is 2.28. The minimum absolute atomic E-state index is 0.0610. The number of ether oxygens (including phenoxy) is 1. The maximum atomic E-state index is 13.4. The molecule has 1 N–H and O–H groups in total. The molecule has 170 valence electrons. The number of likely N-dealkylation sites (N-methyl/N-ethyl adjacent to an activating group) is 1. The highest BCUT2D eigenvalue weighted by atomic mass is 16.5. The van der Waals surface area contributed by atoms with Crippen LogP contribution in [0.15, 0.2) is 42.6 Å². The van der Waals surface area contributed by atoms with Gasteiger partial charge in [-0.2, -0.15) is 0 Å². The maximum absolute atomic E-state index is 13.4. The largest absolute Gasteiger partial charge is 0.472 e. The topological polar surface area (TPSA) is 83.0 Å². The summed E-state index contributed by atoms with van der Waals surface area (Å²) in [5.41, 5.74) is 2.16. The number of carbonyl (C=O) groups is 2. The number of hydrogen-bond acceptors (Lipinski definition) is 5. The van der Waals surface area contributed by atoms with Gasteiger partial charge >= 0.3 is 0 Å². The molecule has 0 saturated heterocycles. The van der Waals surface area contributed by atoms with E-state index in [-0.39, 0.29) is 42.4 Å². The average molecular weight is 438 g/mol. The maximum Gasteiger partial charge on any atom is 0.259 e. The summed E-state index contributed by atoms with van der Waals surface area (Å²) in [5, 5.41) is 9.75. The third-order valence-electron chi connectivity index (χ3n) is 5.80. The van der Waals surface area contributed by atoms with Crippen LogP contribution in [0.3, 0.4) is 0 Å². The Balaban J connectivity index is 1.98. The molecule has 1 aliphatic heterocycles. The summed E-state index contributed by atoms with van der Waals surface area (Å²) in [5.74, 6) is -0.110. The van der Waals surface area contributed by atoms with E-state index in [9.17, 15) is 14.7 Å². The first-order chi connectivity index (χ1) is 15.3. The van der Waals surface area contributed by atoms with E-state index in [1.165, 1.54) is 6.92 Å². The molecule has 1 aliphatic rings. The highest BCUT2D eigenvalue weighted by molar-refractivity contribution is 5.97. The summed E-state index contributed by atoms with van der Waals surface area (Å²) in [7, 11) is 1.72. The summed E-state index contributed by atoms with van der Waals surface area (Å²) in [6.07, 6.45) is 5.18. The molecule has 2 heterocycles. The van der Waals surface area contributed by atoms with Gasteiger partial charge in [0.15, 0.2) is 0 Å². The lowest BCUT2D eigenvalue weighted by Crippen LogP contribution is -2.50. The van der Waals surface area contributed by atoms with Crippen molar-refractivity contribution in [3.8, 4) is 5.88 Å². The fourth-order valence-corrected chi connectivity index (χ4v) is 3.58. The third-order valence-corrected chi connectivity index (χ3v) is 5.80. The summed E-state index contributed by atoms with van der Waals surface area (Å²) < 4.78 is 6.18. The van der Waals surface area contributed by atoms with Crippen LogP contribution in [0.2, 0.25) is 0 Å². The number of aliphatic hydroxyl groups is 1. The molecule has 1 aromatic heterocycles. The second-order valence-corrected chi connectivity index (χ2v) is 8.39. The Hall–Kier alpha value is -3.19. The molecule has 2 amide bonds. The number of hydrogen-bond donors (Lipinski definition) is 1. The lowest BCUT2D eigenvalue weighted by Gasteiger charge is -2.37. The van der Waals surface area contributed by atoms with E-state index in [1.807, 2.05) is 56.3 Å². The predicted octanol–water partition coefficient (Wildman–Crippen LogP) is 2.95. The molecule has 3 atom stereocenters. The first kappa shape index (κ1) is 23.5. The summed E-state index contributed by atoms with van der Waals surface area (Å²) in [4.78, 5) is 32.9. The third kappa shape index (κ3) is 5.53. The number of aromatic nitrogens is 1. The number of pyridine rings is 1. The summed E-state index contributed by atoms with van der Waals surface area (Å²) >= 11 is 0. The monoisotopic (exact) mass is 437 g/mol. The van der Waals surface area contributed by atoms with Crippen LogP contribution < -0.4 is 4.74 Å². The van der Waals surface area contributed by atoms with E-state index in [4.69, 9.17) is 4.74 Å². The van der Waals surface area contributed by atoms with Crippen LogP contribution in [-0.2, 0) is 4.79 Å². The Morgan fingerprint density at radius 1 is 1.31 bits per heavy atom. The molecule has 0 radical (unpaired) electrons. The fourth-order valence-electron chi connectivity index (χ4n) is 3.58. The molecular formula is C25H31N3O4. The Labute approximate surface area is 189 Å². The fraction of sp³-hybridized carbons (Fsp3) is 0.400. The minimum atomic E-state index is -0.356. The summed E-state index contributed by atoms with van der Waals surface area (Å²) in [6.45, 7) is 5.94. The lowest BCUT2D eigenvalue weighted by molar-refractivity contribution is -0.129. The van der Waals surface area contributed by atoms with Gasteiger partial charge in [-0.15, -0.1) is 0 Å². The molecule has 7 nitrogen and oxygen atoms in total. The smallest absolute Gasteiger partial charge is 0.259 e. The van der Waals surface area contributed by atoms with Crippen molar-refractivity contribution in [2.24, 2.45) is 5.92 Å². The Morgan fingerprint density at radius 2 is 2.00 bits per heavy atom. The van der Waals surface area contributed by atoms with Crippen molar-refractivity contribution < 1.29 is 19.4 Å². The Bertz CT molecular complexity index is 976. The van der Waals surface area contributed by atoms with Crippen molar-refractivity contribution in [1.29, 1.82) is 0 Å². The number of amides is 2. The van der Waals surface area contributed by atoms with E-state index in [1.54, 1.807) is 29.1 Å². The van der Waals surface area contributed by atoms with E-state index < -0.39 is 0 Å². The molecule has 3 rings (SSSR count). The van der Waals surface area contributed by atoms with Gasteiger partial charge in [-0.25, -0.2) is 4.98 Å². The van der Waals surface area contributed by atoms with Gasteiger partial charge < -0.3 is 19.6 Å². The van der Waals surface area contributed by atoms with Gasteiger partial charge in [-0.05, 0) is 24.1 Å². The average Bonchev–Trinajstić information content (AvgIpc) is 2.80. The molecule has 0 saturated carbocycles. The van der Waals surface area contributed by atoms with Crippen molar-refractivity contribution in [2.75, 3.05) is 26.7 Å². The SMILES string of the molecule is CC(=O)N(C)C[C@H]1Oc2ncc(/C=C/c3ccccc3)cc2C(=O)N([C@H](C)CO)C[C@@H]1C. The molecule has 0 spiro atoms. The van der Waals surface area contributed by atoms with Crippen LogP contribution in [-0.4, -0.2) is 70.6 Å². The normalized spacial score (nSPS) is 19.7. The van der Waals surface area contributed by atoms with Crippen molar-refractivity contribution in [3.05, 3.63) is 59.3 Å². The number of nitrogens with zero attached hydrogens (tertiary/aromatic N) is 3. The lowest BCUT2D eigenvalue weighted by atomic mass is 9.99. The number of aliphatic hydroxyl groups excluding tert-OH is 1. The minimum Gasteiger partial charge on any atom is -0.472 e. The zero-order valence-corrected chi connectivity index (χ0v) is 19.1. The summed E-state index contributed by atoms with van der Waals surface area (Å²) in [6, 6.07) is 11.3. The van der Waals surface area contributed by atoms with Crippen molar-refractivity contribution in [2.45, 2.75) is 32.9 Å². The molecule has 0 bridgehead atoms. The highest BCUT2D eigenvalue weighted by Gasteiger charge is 2.34. The molecule has 7 heteroatoms. The van der Waals surface area contributed by atoms with Crippen molar-refractivity contribution >= 4 is 24.0 Å². The molecule has 0 fully saturated rings. The van der Waals surface area contributed by atoms with Crippen LogP contribution in [0, 0.1) is 5.92 Å². The second-order valence-electron chi connectivity index (χ2n) is 8.39. The first-order valence-corrected chi connectivity index (χ1v) is 10.8. The predicted molar refractivity (Wildman–Crippen MR) is 124 cm³/mol. The standard InChI is InChI=1S/C25H31N3O4/c1-17-14-28(18(2)16-29)25(31)22-12-21(11-10-20-8-6-5-7-9-20)13-26-24(22)32-23(17)15-27(4)19(3)30/h5-13,17-18,23,29H,14-16H2,1-4H3/b11-10+/t17-,18+,23+/m0/s1. The van der Waals surface area contributed by atoms with Gasteiger partial charge in [0, 0.05) is 32.6 Å². The molecule has 0 unspecified atom stereocenters. The van der Waals surface area contributed by atoms with E-state index in [0.29, 0.717) is 18.7 Å². The van der Waals surface area contributed by atoms with Gasteiger partial charge in [-0.3, -0.25) is 9.59 Å². The second kappa shape index (κ2) is 10.4. The van der Waals surface area contributed by atoms with E-state index >= 15 is 0 Å². The van der Waals surface area contributed by atoms with Gasteiger partial charge in [-0.1, -0.05) is 49.4 Å². The first-order valence-electron chi connectivity index (χ1n) is 10.8. The quantitative estimate of drug-likeness (QED) is 0.751. The van der Waals surface area contributed by atoms with Gasteiger partial charge in [0.2, 0.25) is 11.8 Å². The van der Waals surface area contributed by atoms with Gasteiger partial charge in [0.25, 0.3) is 5.91 Å². The van der Waals surface area contributed by atoms with Crippen LogP contribution in [0.5, 0.6) is 5.88 Å². The van der Waals surface area contributed by atoms with Gasteiger partial charge in [0.1, 0.15) is 11.7 Å². The molecule has 0 aliphatic carbocycles. The van der Waals surface area contributed by atoms with Crippen LogP contribution in [0.1, 0.15) is 42.3 Å². The molecular weight excluding hydrogens is 406 g/mol. The number of rotatable bonds is 6. The van der Waals surface area contributed by atoms with Crippen molar-refractivity contribution in [1.82, 2.24) is 14.8 Å². The van der Waals surface area contributed by atoms with Crippen LogP contribution >= 0.6 is 0 Å². The number of carbonyl (C=O) groups excluding carboxylic acids is 2. The number of fused-ring (bicyclic) bond motifs is 1. The van der Waals surface area contributed by atoms with E-state index in [2.05, 4.69) is 4.98 Å². The Morgan fingerprint density at radius 3 is 2.66 bits per heavy atom. The van der Waals surface area contributed by atoms with Crippen molar-refractivity contribution in [3.63, 3.8) is 0 Å². The molecule has 2 aromatic rings. The zero-order chi connectivity index (χ0) is 23.3. The number of benzene rings is 1. The van der Waals surface area contributed by atoms with E-state index in [0.717, 1.165) is 11.1 Å². The van der Waals surface area contributed by atoms with Gasteiger partial charge in [0.05, 0.1) is 19.2 Å². The molecule has 1 aromatic carbocycles. The van der Waals surface area contributed by atoms with Crippen LogP contribution in [0.4, 0.5) is 0 Å². The Kier molecular flexibility index (Phi) is 7.64. The molecule has 32 heavy (non-hydrogen) atoms. The zero-order valence-electron chi connectivity index (χ0n) is 19.1. The van der Waals surface area contributed by atoms with Crippen LogP contribution in [0.25, 0.3) is 12.2 Å².